The molecule has 0 aliphatic heterocycles. The highest BCUT2D eigenvalue weighted by molar-refractivity contribution is 9.10. The van der Waals surface area contributed by atoms with Crippen LogP contribution in [0.4, 0.5) is 10.2 Å². The molecule has 2 rings (SSSR count). The summed E-state index contributed by atoms with van der Waals surface area (Å²) in [5, 5.41) is 4.31. The monoisotopic (exact) mass is 298 g/mol. The zero-order chi connectivity index (χ0) is 12.6. The summed E-state index contributed by atoms with van der Waals surface area (Å²) in [5.74, 6) is 0.162. The van der Waals surface area contributed by atoms with E-state index in [-0.39, 0.29) is 11.9 Å². The largest absolute Gasteiger partial charge is 0.383 e. The molecule has 0 saturated heterocycles. The van der Waals surface area contributed by atoms with E-state index in [9.17, 15) is 4.39 Å². The highest BCUT2D eigenvalue weighted by Gasteiger charge is 2.16. The van der Waals surface area contributed by atoms with Crippen LogP contribution in [0.25, 0.3) is 0 Å². The maximum Gasteiger partial charge on any atom is 0.141 e. The fourth-order valence-electron chi connectivity index (χ4n) is 1.64. The van der Waals surface area contributed by atoms with E-state index in [1.165, 1.54) is 12.3 Å². The maximum atomic E-state index is 13.1. The predicted octanol–water partition coefficient (Wildman–Crippen LogP) is 2.68. The van der Waals surface area contributed by atoms with Crippen molar-refractivity contribution in [1.29, 1.82) is 0 Å². The van der Waals surface area contributed by atoms with Crippen molar-refractivity contribution < 1.29 is 4.39 Å². The van der Waals surface area contributed by atoms with Gasteiger partial charge in [0.2, 0.25) is 0 Å². The van der Waals surface area contributed by atoms with Gasteiger partial charge in [0.25, 0.3) is 0 Å². The van der Waals surface area contributed by atoms with E-state index in [0.717, 1.165) is 15.7 Å². The van der Waals surface area contributed by atoms with Crippen molar-refractivity contribution >= 4 is 21.7 Å². The van der Waals surface area contributed by atoms with Crippen LogP contribution >= 0.6 is 15.9 Å². The maximum absolute atomic E-state index is 13.1. The summed E-state index contributed by atoms with van der Waals surface area (Å²) in [6.45, 7) is 3.75. The van der Waals surface area contributed by atoms with Gasteiger partial charge in [0.05, 0.1) is 22.4 Å². The van der Waals surface area contributed by atoms with E-state index in [1.54, 1.807) is 10.9 Å². The summed E-state index contributed by atoms with van der Waals surface area (Å²) >= 11 is 3.36. The molecule has 1 unspecified atom stereocenters. The smallest absolute Gasteiger partial charge is 0.141 e. The summed E-state index contributed by atoms with van der Waals surface area (Å²) in [6.07, 6.45) is 2.78. The van der Waals surface area contributed by atoms with Crippen LogP contribution in [0.3, 0.4) is 0 Å². The van der Waals surface area contributed by atoms with Gasteiger partial charge in [-0.05, 0) is 41.4 Å². The Labute approximate surface area is 107 Å². The third-order valence-corrected chi connectivity index (χ3v) is 3.60. The fraction of sp³-hybridized carbons (Fsp3) is 0.273. The van der Waals surface area contributed by atoms with Crippen LogP contribution in [0, 0.1) is 12.7 Å². The van der Waals surface area contributed by atoms with Gasteiger partial charge in [0.1, 0.15) is 11.6 Å². The lowest BCUT2D eigenvalue weighted by molar-refractivity contribution is 0.556. The van der Waals surface area contributed by atoms with E-state index in [2.05, 4.69) is 26.0 Å². The zero-order valence-corrected chi connectivity index (χ0v) is 11.1. The molecular formula is C11H12BrFN4. The van der Waals surface area contributed by atoms with Crippen molar-refractivity contribution in [1.82, 2.24) is 14.8 Å². The molecule has 0 aliphatic rings. The van der Waals surface area contributed by atoms with Gasteiger partial charge >= 0.3 is 0 Å². The number of hydrogen-bond donors (Lipinski definition) is 1. The Kier molecular flexibility index (Phi) is 3.15. The zero-order valence-electron chi connectivity index (χ0n) is 9.48. The SMILES string of the molecule is Cc1nn(C(C)c2cncc(F)c2)c(N)c1Br. The number of pyridine rings is 1. The molecule has 0 fully saturated rings. The highest BCUT2D eigenvalue weighted by atomic mass is 79.9. The molecule has 0 aromatic carbocycles. The van der Waals surface area contributed by atoms with Crippen LogP contribution in [0.5, 0.6) is 0 Å². The van der Waals surface area contributed by atoms with Crippen LogP contribution < -0.4 is 5.73 Å². The minimum absolute atomic E-state index is 0.164. The number of hydrogen-bond acceptors (Lipinski definition) is 3. The molecule has 0 amide bonds. The normalized spacial score (nSPS) is 12.7. The minimum atomic E-state index is -0.365. The van der Waals surface area contributed by atoms with Crippen LogP contribution in [0.15, 0.2) is 22.9 Å². The second-order valence-corrected chi connectivity index (χ2v) is 4.63. The molecule has 4 nitrogen and oxygen atoms in total. The van der Waals surface area contributed by atoms with Gasteiger partial charge in [-0.15, -0.1) is 0 Å². The molecule has 2 aromatic heterocycles. The van der Waals surface area contributed by atoms with Crippen molar-refractivity contribution in [2.45, 2.75) is 19.9 Å². The Morgan fingerprint density at radius 3 is 2.71 bits per heavy atom. The number of aromatic nitrogens is 3. The van der Waals surface area contributed by atoms with E-state index in [4.69, 9.17) is 5.73 Å². The summed E-state index contributed by atoms with van der Waals surface area (Å²) < 4.78 is 15.5. The first-order chi connectivity index (χ1) is 8.00. The number of anilines is 1. The van der Waals surface area contributed by atoms with Crippen molar-refractivity contribution in [2.24, 2.45) is 0 Å². The first-order valence-corrected chi connectivity index (χ1v) is 5.90. The van der Waals surface area contributed by atoms with Crippen LogP contribution in [0.2, 0.25) is 0 Å². The molecule has 2 N–H and O–H groups in total. The highest BCUT2D eigenvalue weighted by Crippen LogP contribution is 2.28. The first kappa shape index (κ1) is 12.0. The molecule has 17 heavy (non-hydrogen) atoms. The van der Waals surface area contributed by atoms with Gasteiger partial charge in [-0.1, -0.05) is 0 Å². The van der Waals surface area contributed by atoms with Gasteiger partial charge < -0.3 is 5.73 Å². The topological polar surface area (TPSA) is 56.7 Å². The molecule has 90 valence electrons. The van der Waals surface area contributed by atoms with Crippen molar-refractivity contribution in [3.8, 4) is 0 Å². The van der Waals surface area contributed by atoms with Gasteiger partial charge in [0.15, 0.2) is 0 Å². The number of nitrogens with zero attached hydrogens (tertiary/aromatic N) is 3. The predicted molar refractivity (Wildman–Crippen MR) is 67.1 cm³/mol. The molecule has 0 bridgehead atoms. The molecule has 0 aliphatic carbocycles. The Balaban J connectivity index is 2.43. The average Bonchev–Trinajstić information content (AvgIpc) is 2.56. The van der Waals surface area contributed by atoms with Crippen molar-refractivity contribution in [3.05, 3.63) is 40.0 Å². The first-order valence-electron chi connectivity index (χ1n) is 5.11. The van der Waals surface area contributed by atoms with Gasteiger partial charge in [-0.2, -0.15) is 5.10 Å². The summed E-state index contributed by atoms with van der Waals surface area (Å²) in [6, 6.07) is 1.27. The molecule has 0 radical (unpaired) electrons. The van der Waals surface area contributed by atoms with Gasteiger partial charge in [0, 0.05) is 6.20 Å². The third-order valence-electron chi connectivity index (χ3n) is 2.62. The standard InChI is InChI=1S/C11H12BrFN4/c1-6-10(12)11(14)17(16-6)7(2)8-3-9(13)5-15-4-8/h3-5,7H,14H2,1-2H3. The Morgan fingerprint density at radius 2 is 2.18 bits per heavy atom. The molecule has 2 heterocycles. The van der Waals surface area contributed by atoms with Crippen molar-refractivity contribution in [3.63, 3.8) is 0 Å². The number of nitrogen functional groups attached to an aromatic ring is 1. The van der Waals surface area contributed by atoms with Crippen LogP contribution in [-0.4, -0.2) is 14.8 Å². The quantitative estimate of drug-likeness (QED) is 0.927. The van der Waals surface area contributed by atoms with E-state index in [1.807, 2.05) is 13.8 Å². The van der Waals surface area contributed by atoms with Gasteiger partial charge in [-0.3, -0.25) is 4.98 Å². The molecule has 6 heteroatoms. The molecule has 0 saturated carbocycles. The number of nitrogens with two attached hydrogens (primary N) is 1. The van der Waals surface area contributed by atoms with Crippen molar-refractivity contribution in [2.75, 3.05) is 5.73 Å². The second-order valence-electron chi connectivity index (χ2n) is 3.84. The van der Waals surface area contributed by atoms with E-state index >= 15 is 0 Å². The molecule has 1 atom stereocenters. The molecule has 2 aromatic rings. The lowest BCUT2D eigenvalue weighted by atomic mass is 10.1. The van der Waals surface area contributed by atoms with Crippen LogP contribution in [0.1, 0.15) is 24.2 Å². The Bertz CT molecular complexity index is 552. The van der Waals surface area contributed by atoms with Crippen LogP contribution in [-0.2, 0) is 0 Å². The van der Waals surface area contributed by atoms with E-state index < -0.39 is 0 Å². The Hall–Kier alpha value is -1.43. The Morgan fingerprint density at radius 1 is 1.47 bits per heavy atom. The van der Waals surface area contributed by atoms with E-state index in [0.29, 0.717) is 5.82 Å². The summed E-state index contributed by atoms with van der Waals surface area (Å²) in [4.78, 5) is 3.82. The minimum Gasteiger partial charge on any atom is -0.383 e. The third kappa shape index (κ3) is 2.17. The second kappa shape index (κ2) is 4.44. The number of halogens is 2. The summed E-state index contributed by atoms with van der Waals surface area (Å²) in [7, 11) is 0. The average molecular weight is 299 g/mol. The number of rotatable bonds is 2. The fourth-order valence-corrected chi connectivity index (χ4v) is 1.90. The number of aryl methyl sites for hydroxylation is 1. The lowest BCUT2D eigenvalue weighted by Crippen LogP contribution is -2.12. The lowest BCUT2D eigenvalue weighted by Gasteiger charge is -2.13. The van der Waals surface area contributed by atoms with Gasteiger partial charge in [-0.25, -0.2) is 9.07 Å². The summed E-state index contributed by atoms with van der Waals surface area (Å²) in [5.41, 5.74) is 7.45. The molecule has 0 spiro atoms. The molecular weight excluding hydrogens is 287 g/mol.